The van der Waals surface area contributed by atoms with Gasteiger partial charge < -0.3 is 15.2 Å². The van der Waals surface area contributed by atoms with Crippen LogP contribution in [0.3, 0.4) is 0 Å². The van der Waals surface area contributed by atoms with Gasteiger partial charge in [-0.15, -0.1) is 0 Å². The highest BCUT2D eigenvalue weighted by Crippen LogP contribution is 2.30. The van der Waals surface area contributed by atoms with Gasteiger partial charge in [-0.25, -0.2) is 4.98 Å². The molecule has 0 radical (unpaired) electrons. The van der Waals surface area contributed by atoms with Crippen molar-refractivity contribution in [2.45, 2.75) is 93.2 Å². The van der Waals surface area contributed by atoms with E-state index in [2.05, 4.69) is 29.5 Å². The van der Waals surface area contributed by atoms with Crippen LogP contribution in [-0.4, -0.2) is 27.3 Å². The number of dihydropyridines is 1. The smallest absolute Gasteiger partial charge is 0.258 e. The number of hydrogen-bond donors (Lipinski definition) is 2. The fourth-order valence-corrected chi connectivity index (χ4v) is 3.97. The van der Waals surface area contributed by atoms with Crippen molar-refractivity contribution in [2.24, 2.45) is 5.92 Å². The Morgan fingerprint density at radius 3 is 2.36 bits per heavy atom. The number of nitrogens with one attached hydrogen (secondary N) is 2. The third kappa shape index (κ3) is 6.93. The second-order valence-electron chi connectivity index (χ2n) is 8.97. The Morgan fingerprint density at radius 1 is 1.14 bits per heavy atom. The van der Waals surface area contributed by atoms with Crippen LogP contribution < -0.4 is 16.2 Å². The zero-order valence-electron chi connectivity index (χ0n) is 22.9. The fourth-order valence-electron chi connectivity index (χ4n) is 3.97. The number of hydrogen-bond acceptors (Lipinski definition) is 5. The molecule has 1 saturated carbocycles. The summed E-state index contributed by atoms with van der Waals surface area (Å²) in [4.78, 5) is 42.0. The number of Topliss-reactive ketones (excluding diaryl/α,β-unsaturated/α-hetero) is 1. The first-order chi connectivity index (χ1) is 17.3. The van der Waals surface area contributed by atoms with Gasteiger partial charge >= 0.3 is 0 Å². The van der Waals surface area contributed by atoms with Gasteiger partial charge in [0.25, 0.3) is 5.56 Å². The summed E-state index contributed by atoms with van der Waals surface area (Å²) < 4.78 is 1.70. The number of aromatic nitrogens is 2. The zero-order chi connectivity index (χ0) is 26.8. The monoisotopic (exact) mass is 494 g/mol. The predicted molar refractivity (Wildman–Crippen MR) is 149 cm³/mol. The van der Waals surface area contributed by atoms with Crippen molar-refractivity contribution in [1.29, 1.82) is 0 Å². The van der Waals surface area contributed by atoms with Crippen molar-refractivity contribution in [1.82, 2.24) is 14.9 Å². The highest BCUT2D eigenvalue weighted by atomic mass is 16.2. The molecule has 0 spiro atoms. The number of aryl methyl sites for hydroxylation is 1. The maximum absolute atomic E-state index is 13.3. The minimum absolute atomic E-state index is 0.0137. The van der Waals surface area contributed by atoms with E-state index in [1.165, 1.54) is 6.42 Å². The molecule has 36 heavy (non-hydrogen) atoms. The number of fused-ring (bicyclic) bond motifs is 1. The molecule has 2 N–H and O–H groups in total. The van der Waals surface area contributed by atoms with Gasteiger partial charge in [-0.3, -0.25) is 14.4 Å². The van der Waals surface area contributed by atoms with E-state index in [-0.39, 0.29) is 29.2 Å². The molecule has 7 heteroatoms. The van der Waals surface area contributed by atoms with Gasteiger partial charge in [0, 0.05) is 53.9 Å². The van der Waals surface area contributed by atoms with Crippen LogP contribution in [0, 0.1) is 5.92 Å². The second-order valence-corrected chi connectivity index (χ2v) is 8.97. The second kappa shape index (κ2) is 13.8. The van der Waals surface area contributed by atoms with E-state index in [1.807, 2.05) is 46.8 Å². The maximum atomic E-state index is 13.3. The quantitative estimate of drug-likeness (QED) is 0.505. The number of carbonyl (C=O) groups is 2. The summed E-state index contributed by atoms with van der Waals surface area (Å²) in [6.07, 6.45) is 9.77. The number of pyridine rings is 2. The lowest BCUT2D eigenvalue weighted by Gasteiger charge is -2.22. The molecule has 2 aromatic rings. The van der Waals surface area contributed by atoms with E-state index < -0.39 is 0 Å². The highest BCUT2D eigenvalue weighted by molar-refractivity contribution is 5.95. The van der Waals surface area contributed by atoms with Crippen molar-refractivity contribution in [3.8, 4) is 0 Å². The summed E-state index contributed by atoms with van der Waals surface area (Å²) in [5, 5.41) is 6.81. The largest absolute Gasteiger partial charge is 0.378 e. The molecule has 1 aliphatic heterocycles. The number of amides is 1. The molecular formula is C29H42N4O3. The maximum Gasteiger partial charge on any atom is 0.258 e. The zero-order valence-corrected chi connectivity index (χ0v) is 22.9. The number of carbonyl (C=O) groups excluding carboxylic acids is 2. The van der Waals surface area contributed by atoms with Crippen molar-refractivity contribution in [3.05, 3.63) is 52.1 Å². The Balaban J connectivity index is 0.000000850. The van der Waals surface area contributed by atoms with Crippen LogP contribution >= 0.6 is 0 Å². The summed E-state index contributed by atoms with van der Waals surface area (Å²) in [6, 6.07) is 3.25. The van der Waals surface area contributed by atoms with Gasteiger partial charge in [-0.1, -0.05) is 47.1 Å². The van der Waals surface area contributed by atoms with E-state index in [1.54, 1.807) is 23.0 Å². The molecule has 0 saturated heterocycles. The first-order valence-electron chi connectivity index (χ1n) is 13.4. The van der Waals surface area contributed by atoms with Crippen LogP contribution in [0.4, 0.5) is 5.82 Å². The normalized spacial score (nSPS) is 16.4. The van der Waals surface area contributed by atoms with Gasteiger partial charge in [-0.2, -0.15) is 0 Å². The molecule has 4 rings (SSSR count). The molecule has 1 aliphatic carbocycles. The SMILES string of the molecule is CC.CCC.CCCC(=O)C1C=C(C)C(c2cc3cnc(NC(=O)C4CC4)cc3n(CC)c2=O)=CN1. The minimum atomic E-state index is -0.350. The third-order valence-corrected chi connectivity index (χ3v) is 5.88. The van der Waals surface area contributed by atoms with E-state index in [9.17, 15) is 14.4 Å². The Bertz CT molecular complexity index is 1190. The average Bonchev–Trinajstić information content (AvgIpc) is 3.72. The Hall–Kier alpha value is -3.22. The molecule has 196 valence electrons. The summed E-state index contributed by atoms with van der Waals surface area (Å²) >= 11 is 0. The lowest BCUT2D eigenvalue weighted by atomic mass is 9.93. The lowest BCUT2D eigenvalue weighted by molar-refractivity contribution is -0.120. The van der Waals surface area contributed by atoms with Gasteiger partial charge in [-0.05, 0) is 44.7 Å². The Kier molecular flexibility index (Phi) is 11.1. The molecule has 1 unspecified atom stereocenters. The fraction of sp³-hybridized carbons (Fsp3) is 0.517. The molecule has 7 nitrogen and oxygen atoms in total. The van der Waals surface area contributed by atoms with Gasteiger partial charge in [0.05, 0.1) is 5.52 Å². The highest BCUT2D eigenvalue weighted by Gasteiger charge is 2.30. The van der Waals surface area contributed by atoms with Crippen molar-refractivity contribution >= 4 is 34.0 Å². The van der Waals surface area contributed by atoms with Crippen molar-refractivity contribution in [3.63, 3.8) is 0 Å². The standard InChI is InChI=1S/C24H28N4O3.C3H8.C2H6/c1-4-6-21(29)19-9-14(3)18(13-25-19)17-10-16-12-26-22(27-23(30)15-7-8-15)11-20(16)28(5-2)24(17)31;1-3-2;1-2/h9-13,15,19,25H,4-8H2,1-3H3,(H,26,27,30);3H2,1-2H3;1-2H3. The topological polar surface area (TPSA) is 93.1 Å². The van der Waals surface area contributed by atoms with Crippen molar-refractivity contribution < 1.29 is 9.59 Å². The van der Waals surface area contributed by atoms with Gasteiger partial charge in [0.15, 0.2) is 5.78 Å². The lowest BCUT2D eigenvalue weighted by Crippen LogP contribution is -2.34. The van der Waals surface area contributed by atoms with Gasteiger partial charge in [0.2, 0.25) is 5.91 Å². The van der Waals surface area contributed by atoms with Gasteiger partial charge in [0.1, 0.15) is 11.9 Å². The average molecular weight is 495 g/mol. The van der Waals surface area contributed by atoms with E-state index >= 15 is 0 Å². The molecule has 0 bridgehead atoms. The summed E-state index contributed by atoms with van der Waals surface area (Å²) in [6.45, 7) is 14.6. The molecule has 1 fully saturated rings. The third-order valence-electron chi connectivity index (χ3n) is 5.88. The number of allylic oxidation sites excluding steroid dienone is 2. The van der Waals surface area contributed by atoms with E-state index in [0.717, 1.165) is 41.3 Å². The molecule has 2 aromatic heterocycles. The summed E-state index contributed by atoms with van der Waals surface area (Å²) in [5.74, 6) is 0.680. The van der Waals surface area contributed by atoms with E-state index in [0.29, 0.717) is 24.3 Å². The van der Waals surface area contributed by atoms with Crippen molar-refractivity contribution in [2.75, 3.05) is 5.32 Å². The first-order valence-corrected chi connectivity index (χ1v) is 13.4. The minimum Gasteiger partial charge on any atom is -0.378 e. The Labute approximate surface area is 215 Å². The van der Waals surface area contributed by atoms with Crippen LogP contribution in [0.2, 0.25) is 0 Å². The van der Waals surface area contributed by atoms with Crippen LogP contribution in [0.25, 0.3) is 16.5 Å². The van der Waals surface area contributed by atoms with Crippen LogP contribution in [0.15, 0.2) is 41.0 Å². The molecule has 3 heterocycles. The number of rotatable bonds is 7. The predicted octanol–water partition coefficient (Wildman–Crippen LogP) is 5.84. The van der Waals surface area contributed by atoms with Crippen LogP contribution in [0.5, 0.6) is 0 Å². The summed E-state index contributed by atoms with van der Waals surface area (Å²) in [5.41, 5.74) is 2.86. The number of anilines is 1. The molecule has 0 aromatic carbocycles. The molecule has 2 aliphatic rings. The van der Waals surface area contributed by atoms with Crippen LogP contribution in [-0.2, 0) is 16.1 Å². The molecular weight excluding hydrogens is 452 g/mol. The summed E-state index contributed by atoms with van der Waals surface area (Å²) in [7, 11) is 0. The molecule has 1 amide bonds. The van der Waals surface area contributed by atoms with Crippen LogP contribution in [0.1, 0.15) is 86.1 Å². The Morgan fingerprint density at radius 2 is 1.81 bits per heavy atom. The number of ketones is 1. The first kappa shape index (κ1) is 29.0. The molecule has 1 atom stereocenters. The van der Waals surface area contributed by atoms with E-state index in [4.69, 9.17) is 0 Å². The number of nitrogens with zero attached hydrogens (tertiary/aromatic N) is 2.